The predicted octanol–water partition coefficient (Wildman–Crippen LogP) is 3.05. The van der Waals surface area contributed by atoms with Crippen LogP contribution in [0.5, 0.6) is 0 Å². The lowest BCUT2D eigenvalue weighted by molar-refractivity contribution is 0.181. The third kappa shape index (κ3) is 4.49. The van der Waals surface area contributed by atoms with Crippen molar-refractivity contribution in [2.45, 2.75) is 44.4 Å². The highest BCUT2D eigenvalue weighted by Crippen LogP contribution is 2.27. The van der Waals surface area contributed by atoms with E-state index in [0.717, 1.165) is 46.9 Å². The van der Waals surface area contributed by atoms with Crippen LogP contribution in [0.1, 0.15) is 31.4 Å². The van der Waals surface area contributed by atoms with Gasteiger partial charge in [0, 0.05) is 31.5 Å². The van der Waals surface area contributed by atoms with Gasteiger partial charge in [-0.25, -0.2) is 15.0 Å². The molecule has 2 atom stereocenters. The van der Waals surface area contributed by atoms with Gasteiger partial charge in [-0.05, 0) is 37.8 Å². The molecule has 4 rings (SSSR count). The number of nitrogens with zero attached hydrogens (tertiary/aromatic N) is 4. The zero-order valence-electron chi connectivity index (χ0n) is 15.2. The zero-order valence-corrected chi connectivity index (χ0v) is 16.0. The van der Waals surface area contributed by atoms with Gasteiger partial charge >= 0.3 is 0 Å². The summed E-state index contributed by atoms with van der Waals surface area (Å²) in [7, 11) is 1.65. The summed E-state index contributed by atoms with van der Waals surface area (Å²) in [4.78, 5) is 19.0. The molecule has 0 aliphatic heterocycles. The van der Waals surface area contributed by atoms with E-state index in [-0.39, 0.29) is 6.04 Å². The van der Waals surface area contributed by atoms with Crippen LogP contribution in [0.25, 0.3) is 10.3 Å². The summed E-state index contributed by atoms with van der Waals surface area (Å²) in [5, 5.41) is 7.46. The highest BCUT2D eigenvalue weighted by atomic mass is 32.1. The summed E-state index contributed by atoms with van der Waals surface area (Å²) >= 11 is 1.49. The van der Waals surface area contributed by atoms with E-state index in [9.17, 15) is 0 Å². The second-order valence-electron chi connectivity index (χ2n) is 6.74. The molecule has 0 radical (unpaired) electrons. The molecule has 1 fully saturated rings. The maximum absolute atomic E-state index is 6.10. The number of hydrogen-bond acceptors (Lipinski definition) is 9. The van der Waals surface area contributed by atoms with Crippen LogP contribution < -0.4 is 16.4 Å². The van der Waals surface area contributed by atoms with E-state index in [1.165, 1.54) is 11.3 Å². The Morgan fingerprint density at radius 2 is 2.22 bits per heavy atom. The molecule has 142 valence electrons. The van der Waals surface area contributed by atoms with Crippen LogP contribution >= 0.6 is 11.3 Å². The smallest absolute Gasteiger partial charge is 0.225 e. The lowest BCUT2D eigenvalue weighted by atomic mass is 9.92. The lowest BCUT2D eigenvalue weighted by Gasteiger charge is -2.27. The molecule has 8 nitrogen and oxygen atoms in total. The molecule has 0 amide bonds. The Morgan fingerprint density at radius 3 is 3.04 bits per heavy atom. The second kappa shape index (κ2) is 8.12. The fourth-order valence-corrected chi connectivity index (χ4v) is 4.14. The summed E-state index contributed by atoms with van der Waals surface area (Å²) in [6, 6.07) is 6.24. The highest BCUT2D eigenvalue weighted by molar-refractivity contribution is 7.21. The minimum atomic E-state index is 0.242. The van der Waals surface area contributed by atoms with Crippen molar-refractivity contribution in [1.82, 2.24) is 19.9 Å². The van der Waals surface area contributed by atoms with Crippen molar-refractivity contribution >= 4 is 38.6 Å². The highest BCUT2D eigenvalue weighted by Gasteiger charge is 2.20. The number of ether oxygens (including phenoxy) is 1. The third-order valence-corrected chi connectivity index (χ3v) is 5.42. The minimum absolute atomic E-state index is 0.242. The molecule has 0 bridgehead atoms. The minimum Gasteiger partial charge on any atom is -0.378 e. The van der Waals surface area contributed by atoms with Crippen molar-refractivity contribution in [1.29, 1.82) is 0 Å². The number of fused-ring (bicyclic) bond motifs is 1. The van der Waals surface area contributed by atoms with E-state index < -0.39 is 0 Å². The molecule has 1 saturated carbocycles. The molecule has 3 heterocycles. The molecule has 9 heteroatoms. The van der Waals surface area contributed by atoms with Crippen molar-refractivity contribution in [2.75, 3.05) is 17.7 Å². The molecule has 3 aromatic heterocycles. The van der Waals surface area contributed by atoms with E-state index in [1.807, 2.05) is 18.2 Å². The molecule has 1 aliphatic carbocycles. The van der Waals surface area contributed by atoms with Crippen molar-refractivity contribution in [2.24, 2.45) is 5.73 Å². The van der Waals surface area contributed by atoms with Crippen LogP contribution in [0.4, 0.5) is 16.9 Å². The number of methoxy groups -OCH3 is 1. The number of rotatable bonds is 6. The largest absolute Gasteiger partial charge is 0.378 e. The van der Waals surface area contributed by atoms with Crippen molar-refractivity contribution in [3.05, 3.63) is 30.1 Å². The first kappa shape index (κ1) is 18.0. The van der Waals surface area contributed by atoms with Gasteiger partial charge < -0.3 is 21.1 Å². The molecule has 3 aromatic rings. The molecular weight excluding hydrogens is 362 g/mol. The quantitative estimate of drug-likeness (QED) is 0.594. The van der Waals surface area contributed by atoms with Crippen molar-refractivity contribution < 1.29 is 4.74 Å². The zero-order chi connectivity index (χ0) is 18.6. The van der Waals surface area contributed by atoms with Gasteiger partial charge in [-0.2, -0.15) is 4.98 Å². The molecule has 4 N–H and O–H groups in total. The van der Waals surface area contributed by atoms with Crippen LogP contribution in [-0.4, -0.2) is 39.1 Å². The molecule has 0 aromatic carbocycles. The monoisotopic (exact) mass is 385 g/mol. The number of nitrogens with one attached hydrogen (secondary N) is 2. The Balaban J connectivity index is 1.56. The topological polar surface area (TPSA) is 111 Å². The first-order valence-corrected chi connectivity index (χ1v) is 9.89. The Labute approximate surface area is 161 Å². The first-order valence-electron chi connectivity index (χ1n) is 9.07. The van der Waals surface area contributed by atoms with Gasteiger partial charge in [0.25, 0.3) is 0 Å². The molecule has 2 unspecified atom stereocenters. The van der Waals surface area contributed by atoms with Crippen LogP contribution in [0.3, 0.4) is 0 Å². The Hall–Kier alpha value is -2.36. The van der Waals surface area contributed by atoms with Gasteiger partial charge in [0.2, 0.25) is 5.95 Å². The van der Waals surface area contributed by atoms with Gasteiger partial charge in [-0.15, -0.1) is 0 Å². The number of pyridine rings is 1. The fraction of sp³-hybridized carbons (Fsp3) is 0.444. The summed E-state index contributed by atoms with van der Waals surface area (Å²) in [6.07, 6.45) is 5.99. The van der Waals surface area contributed by atoms with Gasteiger partial charge in [-0.1, -0.05) is 11.3 Å². The van der Waals surface area contributed by atoms with Gasteiger partial charge in [0.15, 0.2) is 5.13 Å². The number of nitrogens with two attached hydrogens (primary N) is 1. The molecule has 0 spiro atoms. The summed E-state index contributed by atoms with van der Waals surface area (Å²) in [6.45, 7) is 0.414. The standard InChI is InChI=1S/C18H23N7OS/c1-26-10-13-9-15(25-18-23-14-6-3-7-20-16(14)27-18)24-17(22-13)21-12-5-2-4-11(19)8-12/h3,6-7,9,11-12H,2,4-5,8,10,19H2,1H3,(H2,21,22,23,24,25). The number of aromatic nitrogens is 4. The van der Waals surface area contributed by atoms with Crippen molar-refractivity contribution in [3.63, 3.8) is 0 Å². The Kier molecular flexibility index (Phi) is 5.42. The normalized spacial score (nSPS) is 19.9. The number of anilines is 3. The van der Waals surface area contributed by atoms with Crippen LogP contribution in [0, 0.1) is 0 Å². The number of hydrogen-bond donors (Lipinski definition) is 3. The summed E-state index contributed by atoms with van der Waals surface area (Å²) < 4.78 is 5.25. The average molecular weight is 385 g/mol. The van der Waals surface area contributed by atoms with E-state index in [1.54, 1.807) is 13.3 Å². The van der Waals surface area contributed by atoms with Crippen LogP contribution in [0.15, 0.2) is 24.4 Å². The summed E-state index contributed by atoms with van der Waals surface area (Å²) in [5.41, 5.74) is 7.77. The van der Waals surface area contributed by atoms with E-state index in [4.69, 9.17) is 10.5 Å². The third-order valence-electron chi connectivity index (χ3n) is 4.52. The SMILES string of the molecule is COCc1cc(Nc2nc3cccnc3s2)nc(NC2CCCC(N)C2)n1. The van der Waals surface area contributed by atoms with Crippen LogP contribution in [-0.2, 0) is 11.3 Å². The second-order valence-corrected chi connectivity index (χ2v) is 7.72. The predicted molar refractivity (Wildman–Crippen MR) is 107 cm³/mol. The maximum atomic E-state index is 6.10. The Morgan fingerprint density at radius 1 is 1.30 bits per heavy atom. The average Bonchev–Trinajstić information content (AvgIpc) is 3.04. The molecule has 0 saturated heterocycles. The van der Waals surface area contributed by atoms with Crippen molar-refractivity contribution in [3.8, 4) is 0 Å². The van der Waals surface area contributed by atoms with Gasteiger partial charge in [0.1, 0.15) is 16.2 Å². The lowest BCUT2D eigenvalue weighted by Crippen LogP contribution is -2.35. The van der Waals surface area contributed by atoms with Crippen LogP contribution in [0.2, 0.25) is 0 Å². The van der Waals surface area contributed by atoms with Gasteiger partial charge in [-0.3, -0.25) is 0 Å². The maximum Gasteiger partial charge on any atom is 0.225 e. The molecule has 1 aliphatic rings. The molecule has 27 heavy (non-hydrogen) atoms. The van der Waals surface area contributed by atoms with Gasteiger partial charge in [0.05, 0.1) is 12.3 Å². The fourth-order valence-electron chi connectivity index (χ4n) is 3.32. The summed E-state index contributed by atoms with van der Waals surface area (Å²) in [5.74, 6) is 1.27. The molecular formula is C18H23N7OS. The first-order chi connectivity index (χ1) is 13.2. The Bertz CT molecular complexity index is 883. The number of thiazole rings is 1. The van der Waals surface area contributed by atoms with E-state index >= 15 is 0 Å². The van der Waals surface area contributed by atoms with E-state index in [0.29, 0.717) is 24.4 Å². The van der Waals surface area contributed by atoms with E-state index in [2.05, 4.69) is 30.6 Å².